The average Bonchev–Trinajstić information content (AvgIpc) is 2.94. The van der Waals surface area contributed by atoms with Crippen LogP contribution in [0.5, 0.6) is 5.75 Å². The first-order chi connectivity index (χ1) is 11.9. The third-order valence-corrected chi connectivity index (χ3v) is 4.36. The van der Waals surface area contributed by atoms with Crippen molar-refractivity contribution < 1.29 is 14.7 Å². The smallest absolute Gasteiger partial charge is 0.319 e. The number of amides is 3. The van der Waals surface area contributed by atoms with Crippen LogP contribution in [0.15, 0.2) is 36.4 Å². The molecule has 1 aliphatic rings. The quantitative estimate of drug-likeness (QED) is 0.690. The number of fused-ring (bicyclic) bond motifs is 1. The van der Waals surface area contributed by atoms with Crippen molar-refractivity contribution in [2.75, 3.05) is 10.6 Å². The van der Waals surface area contributed by atoms with Gasteiger partial charge < -0.3 is 21.1 Å². The number of nitrogens with one attached hydrogen (secondary N) is 3. The number of rotatable bonds is 3. The first-order valence-corrected chi connectivity index (χ1v) is 8.20. The first kappa shape index (κ1) is 16.8. The predicted molar refractivity (Wildman–Crippen MR) is 96.8 cm³/mol. The van der Waals surface area contributed by atoms with Crippen molar-refractivity contribution >= 4 is 23.3 Å². The number of hydrogen-bond acceptors (Lipinski definition) is 3. The lowest BCUT2D eigenvalue weighted by Crippen LogP contribution is -2.31. The van der Waals surface area contributed by atoms with E-state index in [9.17, 15) is 14.7 Å². The fourth-order valence-corrected chi connectivity index (χ4v) is 3.14. The van der Waals surface area contributed by atoms with Crippen LogP contribution in [0, 0.1) is 6.92 Å². The van der Waals surface area contributed by atoms with Crippen LogP contribution in [0.3, 0.4) is 0 Å². The highest BCUT2D eigenvalue weighted by Crippen LogP contribution is 2.36. The van der Waals surface area contributed by atoms with E-state index >= 15 is 0 Å². The lowest BCUT2D eigenvalue weighted by atomic mass is 10.1. The Labute approximate surface area is 146 Å². The van der Waals surface area contributed by atoms with Gasteiger partial charge in [-0.05, 0) is 54.7 Å². The average molecular weight is 339 g/mol. The maximum atomic E-state index is 12.4. The molecule has 130 valence electrons. The zero-order valence-corrected chi connectivity index (χ0v) is 14.2. The van der Waals surface area contributed by atoms with Crippen molar-refractivity contribution in [2.24, 2.45) is 0 Å². The minimum absolute atomic E-state index is 0.124. The van der Waals surface area contributed by atoms with Crippen molar-refractivity contribution in [3.8, 4) is 5.75 Å². The Kier molecular flexibility index (Phi) is 4.61. The minimum Gasteiger partial charge on any atom is -0.508 e. The van der Waals surface area contributed by atoms with Gasteiger partial charge in [0.2, 0.25) is 5.91 Å². The van der Waals surface area contributed by atoms with Crippen LogP contribution in [0.25, 0.3) is 0 Å². The van der Waals surface area contributed by atoms with Gasteiger partial charge in [0.05, 0.1) is 6.04 Å². The molecule has 2 aromatic rings. The molecule has 1 atom stereocenters. The molecule has 0 fully saturated rings. The molecule has 6 nitrogen and oxygen atoms in total. The molecule has 6 heteroatoms. The Morgan fingerprint density at radius 1 is 1.16 bits per heavy atom. The minimum atomic E-state index is -0.315. The Hall–Kier alpha value is -3.02. The SMILES string of the molecule is CC(=O)Nc1ccc(C)c(NC(=O)N[C@@H]2CCc3c(O)cccc32)c1. The van der Waals surface area contributed by atoms with Crippen LogP contribution < -0.4 is 16.0 Å². The molecule has 3 rings (SSSR count). The molecule has 0 heterocycles. The third-order valence-electron chi connectivity index (χ3n) is 4.36. The Bertz CT molecular complexity index is 833. The van der Waals surface area contributed by atoms with E-state index in [1.54, 1.807) is 24.3 Å². The van der Waals surface area contributed by atoms with Crippen LogP contribution in [-0.4, -0.2) is 17.0 Å². The first-order valence-electron chi connectivity index (χ1n) is 8.20. The highest BCUT2D eigenvalue weighted by Gasteiger charge is 2.26. The zero-order chi connectivity index (χ0) is 18.0. The zero-order valence-electron chi connectivity index (χ0n) is 14.2. The highest BCUT2D eigenvalue weighted by atomic mass is 16.3. The number of phenols is 1. The monoisotopic (exact) mass is 339 g/mol. The van der Waals surface area contributed by atoms with Gasteiger partial charge in [-0.2, -0.15) is 0 Å². The Morgan fingerprint density at radius 3 is 2.72 bits per heavy atom. The van der Waals surface area contributed by atoms with Crippen molar-refractivity contribution in [1.82, 2.24) is 5.32 Å². The Balaban J connectivity index is 1.70. The number of hydrogen-bond donors (Lipinski definition) is 4. The summed E-state index contributed by atoms with van der Waals surface area (Å²) in [4.78, 5) is 23.6. The van der Waals surface area contributed by atoms with E-state index < -0.39 is 0 Å². The molecule has 0 unspecified atom stereocenters. The molecule has 0 bridgehead atoms. The predicted octanol–water partition coefficient (Wildman–Crippen LogP) is 3.47. The molecule has 0 aliphatic heterocycles. The van der Waals surface area contributed by atoms with E-state index in [4.69, 9.17) is 0 Å². The van der Waals surface area contributed by atoms with Crippen LogP contribution in [0.2, 0.25) is 0 Å². The fourth-order valence-electron chi connectivity index (χ4n) is 3.14. The van der Waals surface area contributed by atoms with E-state index in [-0.39, 0.29) is 23.7 Å². The number of carbonyl (C=O) groups excluding carboxylic acids is 2. The summed E-state index contributed by atoms with van der Waals surface area (Å²) in [6, 6.07) is 10.3. The Morgan fingerprint density at radius 2 is 1.96 bits per heavy atom. The van der Waals surface area contributed by atoms with E-state index in [1.165, 1.54) is 6.92 Å². The van der Waals surface area contributed by atoms with Gasteiger partial charge in [0.25, 0.3) is 0 Å². The molecule has 1 aliphatic carbocycles. The summed E-state index contributed by atoms with van der Waals surface area (Å²) in [7, 11) is 0. The molecule has 0 aromatic heterocycles. The number of phenolic OH excluding ortho intramolecular Hbond substituents is 1. The van der Waals surface area contributed by atoms with Gasteiger partial charge in [0, 0.05) is 18.3 Å². The van der Waals surface area contributed by atoms with Gasteiger partial charge in [0.15, 0.2) is 0 Å². The topological polar surface area (TPSA) is 90.5 Å². The maximum absolute atomic E-state index is 12.4. The van der Waals surface area contributed by atoms with Crippen LogP contribution in [0.1, 0.15) is 36.1 Å². The summed E-state index contributed by atoms with van der Waals surface area (Å²) in [5, 5.41) is 18.4. The summed E-state index contributed by atoms with van der Waals surface area (Å²) in [6.07, 6.45) is 1.50. The molecule has 0 spiro atoms. The molecule has 3 amide bonds. The van der Waals surface area contributed by atoms with Gasteiger partial charge in [-0.3, -0.25) is 4.79 Å². The van der Waals surface area contributed by atoms with Gasteiger partial charge >= 0.3 is 6.03 Å². The van der Waals surface area contributed by atoms with Gasteiger partial charge in [-0.25, -0.2) is 4.79 Å². The number of carbonyl (C=O) groups is 2. The second-order valence-corrected chi connectivity index (χ2v) is 6.25. The number of aryl methyl sites for hydroxylation is 1. The van der Waals surface area contributed by atoms with Crippen LogP contribution in [0.4, 0.5) is 16.2 Å². The largest absolute Gasteiger partial charge is 0.508 e. The number of anilines is 2. The lowest BCUT2D eigenvalue weighted by molar-refractivity contribution is -0.114. The number of aromatic hydroxyl groups is 1. The molecular weight excluding hydrogens is 318 g/mol. The van der Waals surface area contributed by atoms with E-state index in [0.717, 1.165) is 29.5 Å². The molecule has 0 saturated carbocycles. The second-order valence-electron chi connectivity index (χ2n) is 6.25. The lowest BCUT2D eigenvalue weighted by Gasteiger charge is -2.16. The standard InChI is InChI=1S/C19H21N3O3/c1-11-6-7-13(20-12(2)23)10-17(11)22-19(25)21-16-9-8-15-14(16)4-3-5-18(15)24/h3-7,10,16,24H,8-9H2,1-2H3,(H,20,23)(H2,21,22,25)/t16-/m1/s1. The van der Waals surface area contributed by atoms with Gasteiger partial charge in [0.1, 0.15) is 5.75 Å². The number of urea groups is 1. The van der Waals surface area contributed by atoms with E-state index in [2.05, 4.69) is 16.0 Å². The summed E-state index contributed by atoms with van der Waals surface area (Å²) in [5.41, 5.74) is 4.02. The molecule has 25 heavy (non-hydrogen) atoms. The second kappa shape index (κ2) is 6.84. The van der Waals surface area contributed by atoms with Crippen molar-refractivity contribution in [3.05, 3.63) is 53.1 Å². The van der Waals surface area contributed by atoms with Crippen molar-refractivity contribution in [2.45, 2.75) is 32.7 Å². The molecule has 0 saturated heterocycles. The maximum Gasteiger partial charge on any atom is 0.319 e. The summed E-state index contributed by atoms with van der Waals surface area (Å²) < 4.78 is 0. The molecular formula is C19H21N3O3. The summed E-state index contributed by atoms with van der Waals surface area (Å²) in [5.74, 6) is 0.114. The van der Waals surface area contributed by atoms with Gasteiger partial charge in [-0.15, -0.1) is 0 Å². The molecule has 0 radical (unpaired) electrons. The fraction of sp³-hybridized carbons (Fsp3) is 0.263. The molecule has 2 aromatic carbocycles. The van der Waals surface area contributed by atoms with Crippen LogP contribution >= 0.6 is 0 Å². The number of benzene rings is 2. The van der Waals surface area contributed by atoms with E-state index in [1.807, 2.05) is 19.1 Å². The van der Waals surface area contributed by atoms with Crippen molar-refractivity contribution in [3.63, 3.8) is 0 Å². The van der Waals surface area contributed by atoms with Crippen LogP contribution in [-0.2, 0) is 11.2 Å². The molecule has 4 N–H and O–H groups in total. The van der Waals surface area contributed by atoms with Crippen molar-refractivity contribution in [1.29, 1.82) is 0 Å². The summed E-state index contributed by atoms with van der Waals surface area (Å²) >= 11 is 0. The normalized spacial score (nSPS) is 15.4. The van der Waals surface area contributed by atoms with Gasteiger partial charge in [-0.1, -0.05) is 18.2 Å². The van der Waals surface area contributed by atoms with E-state index in [0.29, 0.717) is 11.4 Å². The third kappa shape index (κ3) is 3.74. The summed E-state index contributed by atoms with van der Waals surface area (Å²) in [6.45, 7) is 3.32. The highest BCUT2D eigenvalue weighted by molar-refractivity contribution is 5.93.